The normalized spacial score (nSPS) is 12.3. The Morgan fingerprint density at radius 3 is 2.83 bits per heavy atom. The van der Waals surface area contributed by atoms with Crippen molar-refractivity contribution in [2.45, 2.75) is 6.54 Å². The molecule has 30 heavy (non-hydrogen) atoms. The monoisotopic (exact) mass is 408 g/mol. The van der Waals surface area contributed by atoms with Crippen molar-refractivity contribution >= 4 is 23.4 Å². The summed E-state index contributed by atoms with van der Waals surface area (Å²) in [7, 11) is 1.51. The fourth-order valence-corrected chi connectivity index (χ4v) is 2.92. The zero-order valence-corrected chi connectivity index (χ0v) is 15.9. The van der Waals surface area contributed by atoms with Gasteiger partial charge in [-0.1, -0.05) is 6.07 Å². The largest absolute Gasteiger partial charge is 0.497 e. The van der Waals surface area contributed by atoms with Crippen molar-refractivity contribution in [1.29, 1.82) is 0 Å². The number of benzene rings is 2. The number of aromatic nitrogens is 1. The molecule has 8 nitrogen and oxygen atoms in total. The van der Waals surface area contributed by atoms with Gasteiger partial charge in [0.25, 0.3) is 5.91 Å². The summed E-state index contributed by atoms with van der Waals surface area (Å²) in [6.07, 6.45) is 1.46. The molecular formula is C21H17FN4O4. The molecule has 1 aliphatic heterocycles. The van der Waals surface area contributed by atoms with Crippen LogP contribution in [0.15, 0.2) is 54.7 Å². The van der Waals surface area contributed by atoms with Crippen LogP contribution in [0.4, 0.5) is 20.7 Å². The fraction of sp³-hybridized carbons (Fsp3) is 0.0952. The highest BCUT2D eigenvalue weighted by molar-refractivity contribution is 6.04. The van der Waals surface area contributed by atoms with E-state index in [1.54, 1.807) is 30.3 Å². The van der Waals surface area contributed by atoms with Crippen LogP contribution in [-0.2, 0) is 6.54 Å². The van der Waals surface area contributed by atoms with E-state index in [-0.39, 0.29) is 24.0 Å². The van der Waals surface area contributed by atoms with E-state index in [1.807, 2.05) is 0 Å². The van der Waals surface area contributed by atoms with E-state index in [4.69, 9.17) is 9.47 Å². The van der Waals surface area contributed by atoms with Gasteiger partial charge in [0.1, 0.15) is 17.3 Å². The standard InChI is InChI=1S/C21H17FN4O4/c1-29-14-4-2-3-12(9-14)20(27)25-13-5-6-18(16(22)10-13)30-17-7-8-23-19-15(17)11-24-21(28)26-19/h2-10H,11H2,1H3,(H,25,27)(H2,23,24,26,28). The number of hydrogen-bond donors (Lipinski definition) is 3. The number of nitrogens with zero attached hydrogens (tertiary/aromatic N) is 1. The van der Waals surface area contributed by atoms with Gasteiger partial charge in [0.15, 0.2) is 11.6 Å². The van der Waals surface area contributed by atoms with Crippen molar-refractivity contribution in [3.63, 3.8) is 0 Å². The highest BCUT2D eigenvalue weighted by Gasteiger charge is 2.20. The summed E-state index contributed by atoms with van der Waals surface area (Å²) in [4.78, 5) is 27.9. The van der Waals surface area contributed by atoms with Crippen LogP contribution in [-0.4, -0.2) is 24.0 Å². The maximum absolute atomic E-state index is 14.6. The Bertz CT molecular complexity index is 1140. The molecule has 0 saturated heterocycles. The minimum absolute atomic E-state index is 0.0281. The first-order chi connectivity index (χ1) is 14.5. The molecule has 1 aromatic heterocycles. The molecule has 152 valence electrons. The van der Waals surface area contributed by atoms with Gasteiger partial charge < -0.3 is 20.1 Å². The highest BCUT2D eigenvalue weighted by Crippen LogP contribution is 2.32. The molecule has 0 aliphatic carbocycles. The minimum Gasteiger partial charge on any atom is -0.497 e. The van der Waals surface area contributed by atoms with E-state index in [9.17, 15) is 14.0 Å². The summed E-state index contributed by atoms with van der Waals surface area (Å²) in [5.41, 5.74) is 1.26. The Morgan fingerprint density at radius 2 is 2.03 bits per heavy atom. The average molecular weight is 408 g/mol. The van der Waals surface area contributed by atoms with Crippen LogP contribution in [0.5, 0.6) is 17.2 Å². The third-order valence-corrected chi connectivity index (χ3v) is 4.41. The third kappa shape index (κ3) is 4.00. The van der Waals surface area contributed by atoms with E-state index in [1.165, 1.54) is 31.5 Å². The number of halogens is 1. The number of ether oxygens (including phenoxy) is 2. The molecule has 3 amide bonds. The number of carbonyl (C=O) groups is 2. The number of nitrogens with one attached hydrogen (secondary N) is 3. The van der Waals surface area contributed by atoms with Gasteiger partial charge in [0.05, 0.1) is 19.2 Å². The SMILES string of the molecule is COc1cccc(C(=O)Nc2ccc(Oc3ccnc4c3CNC(=O)N4)c(F)c2)c1. The lowest BCUT2D eigenvalue weighted by Crippen LogP contribution is -2.34. The van der Waals surface area contributed by atoms with Crippen LogP contribution in [0.2, 0.25) is 0 Å². The number of hydrogen-bond acceptors (Lipinski definition) is 5. The van der Waals surface area contributed by atoms with Gasteiger partial charge in [-0.25, -0.2) is 14.2 Å². The van der Waals surface area contributed by atoms with E-state index in [0.717, 1.165) is 0 Å². The second-order valence-electron chi connectivity index (χ2n) is 6.38. The lowest BCUT2D eigenvalue weighted by molar-refractivity contribution is 0.102. The Kier molecular flexibility index (Phi) is 5.17. The Hall–Kier alpha value is -4.14. The van der Waals surface area contributed by atoms with Crippen molar-refractivity contribution < 1.29 is 23.5 Å². The van der Waals surface area contributed by atoms with Crippen molar-refractivity contribution in [2.75, 3.05) is 17.7 Å². The van der Waals surface area contributed by atoms with Gasteiger partial charge in [-0.2, -0.15) is 0 Å². The first kappa shape index (κ1) is 19.2. The maximum atomic E-state index is 14.6. The zero-order chi connectivity index (χ0) is 21.1. The first-order valence-electron chi connectivity index (χ1n) is 8.99. The molecule has 0 bridgehead atoms. The van der Waals surface area contributed by atoms with E-state index in [0.29, 0.717) is 28.4 Å². The number of fused-ring (bicyclic) bond motifs is 1. The van der Waals surface area contributed by atoms with Crippen molar-refractivity contribution in [1.82, 2.24) is 10.3 Å². The molecule has 2 heterocycles. The Morgan fingerprint density at radius 1 is 1.17 bits per heavy atom. The lowest BCUT2D eigenvalue weighted by Gasteiger charge is -2.20. The van der Waals surface area contributed by atoms with Crippen LogP contribution < -0.4 is 25.4 Å². The molecule has 0 spiro atoms. The molecule has 4 rings (SSSR count). The van der Waals surface area contributed by atoms with Gasteiger partial charge in [-0.15, -0.1) is 0 Å². The summed E-state index contributed by atoms with van der Waals surface area (Å²) < 4.78 is 25.4. The number of rotatable bonds is 5. The molecule has 0 atom stereocenters. The number of methoxy groups -OCH3 is 1. The van der Waals surface area contributed by atoms with Crippen LogP contribution in [0.25, 0.3) is 0 Å². The molecule has 2 aromatic carbocycles. The lowest BCUT2D eigenvalue weighted by atomic mass is 10.2. The van der Waals surface area contributed by atoms with Gasteiger partial charge in [-0.3, -0.25) is 10.1 Å². The third-order valence-electron chi connectivity index (χ3n) is 4.41. The topological polar surface area (TPSA) is 102 Å². The van der Waals surface area contributed by atoms with Crippen LogP contribution in [0.1, 0.15) is 15.9 Å². The van der Waals surface area contributed by atoms with E-state index < -0.39 is 11.7 Å². The predicted molar refractivity (Wildman–Crippen MR) is 108 cm³/mol. The number of pyridine rings is 1. The Balaban J connectivity index is 1.51. The number of anilines is 2. The van der Waals surface area contributed by atoms with Gasteiger partial charge >= 0.3 is 6.03 Å². The summed E-state index contributed by atoms with van der Waals surface area (Å²) >= 11 is 0. The molecular weight excluding hydrogens is 391 g/mol. The minimum atomic E-state index is -0.656. The van der Waals surface area contributed by atoms with Gasteiger partial charge in [0, 0.05) is 23.5 Å². The van der Waals surface area contributed by atoms with E-state index in [2.05, 4.69) is 20.9 Å². The molecule has 0 radical (unpaired) electrons. The number of amides is 3. The van der Waals surface area contributed by atoms with Crippen molar-refractivity contribution in [3.8, 4) is 17.2 Å². The summed E-state index contributed by atoms with van der Waals surface area (Å²) in [6.45, 7) is 0.209. The van der Waals surface area contributed by atoms with Crippen molar-refractivity contribution in [3.05, 3.63) is 71.7 Å². The zero-order valence-electron chi connectivity index (χ0n) is 15.9. The van der Waals surface area contributed by atoms with E-state index >= 15 is 0 Å². The summed E-state index contributed by atoms with van der Waals surface area (Å²) in [5.74, 6) is 0.186. The second-order valence-corrected chi connectivity index (χ2v) is 6.38. The quantitative estimate of drug-likeness (QED) is 0.594. The molecule has 3 N–H and O–H groups in total. The van der Waals surface area contributed by atoms with Gasteiger partial charge in [0.2, 0.25) is 0 Å². The van der Waals surface area contributed by atoms with Crippen LogP contribution >= 0.6 is 0 Å². The maximum Gasteiger partial charge on any atom is 0.320 e. The molecule has 3 aromatic rings. The molecule has 0 saturated carbocycles. The second kappa shape index (κ2) is 8.08. The average Bonchev–Trinajstić information content (AvgIpc) is 2.75. The summed E-state index contributed by atoms with van der Waals surface area (Å²) in [6, 6.07) is 12.0. The van der Waals surface area contributed by atoms with Crippen LogP contribution in [0.3, 0.4) is 0 Å². The number of urea groups is 1. The predicted octanol–water partition coefficient (Wildman–Crippen LogP) is 3.91. The molecule has 0 fully saturated rings. The number of carbonyl (C=O) groups excluding carboxylic acids is 2. The highest BCUT2D eigenvalue weighted by atomic mass is 19.1. The Labute approximate surface area is 171 Å². The summed E-state index contributed by atoms with van der Waals surface area (Å²) in [5, 5.41) is 7.82. The first-order valence-corrected chi connectivity index (χ1v) is 8.99. The van der Waals surface area contributed by atoms with Crippen LogP contribution in [0, 0.1) is 5.82 Å². The molecule has 0 unspecified atom stereocenters. The fourth-order valence-electron chi connectivity index (χ4n) is 2.92. The van der Waals surface area contributed by atoms with Gasteiger partial charge in [-0.05, 0) is 36.4 Å². The molecule has 9 heteroatoms. The smallest absolute Gasteiger partial charge is 0.320 e. The van der Waals surface area contributed by atoms with Crippen molar-refractivity contribution in [2.24, 2.45) is 0 Å². The molecule has 1 aliphatic rings.